The van der Waals surface area contributed by atoms with Crippen molar-refractivity contribution in [2.24, 2.45) is 0 Å². The van der Waals surface area contributed by atoms with Crippen LogP contribution in [0.1, 0.15) is 44.0 Å². The van der Waals surface area contributed by atoms with Crippen LogP contribution in [0.3, 0.4) is 0 Å². The summed E-state index contributed by atoms with van der Waals surface area (Å²) in [6, 6.07) is 4.45. The van der Waals surface area contributed by atoms with Gasteiger partial charge >= 0.3 is 0 Å². The van der Waals surface area contributed by atoms with Gasteiger partial charge in [-0.15, -0.1) is 0 Å². The first kappa shape index (κ1) is 14.2. The standard InChI is InChI=1S/C13H17BrFNO/c1-4-8-13(2,3)16-12(17)9-6-5-7-10(15)11(9)14/h5-7H,4,8H2,1-3H3,(H,16,17). The molecule has 0 atom stereocenters. The number of amides is 1. The normalized spacial score (nSPS) is 11.4. The lowest BCUT2D eigenvalue weighted by atomic mass is 9.98. The summed E-state index contributed by atoms with van der Waals surface area (Å²) in [4.78, 5) is 12.0. The lowest BCUT2D eigenvalue weighted by Gasteiger charge is -2.26. The summed E-state index contributed by atoms with van der Waals surface area (Å²) >= 11 is 3.09. The van der Waals surface area contributed by atoms with Crippen molar-refractivity contribution in [3.05, 3.63) is 34.1 Å². The van der Waals surface area contributed by atoms with E-state index < -0.39 is 5.82 Å². The van der Waals surface area contributed by atoms with Crippen LogP contribution in [-0.4, -0.2) is 11.4 Å². The van der Waals surface area contributed by atoms with Gasteiger partial charge in [-0.1, -0.05) is 19.4 Å². The molecule has 1 aromatic rings. The van der Waals surface area contributed by atoms with E-state index in [1.165, 1.54) is 12.1 Å². The molecule has 0 bridgehead atoms. The van der Waals surface area contributed by atoms with Crippen LogP contribution in [0.5, 0.6) is 0 Å². The Morgan fingerprint density at radius 2 is 2.12 bits per heavy atom. The zero-order chi connectivity index (χ0) is 13.1. The van der Waals surface area contributed by atoms with Crippen molar-refractivity contribution in [2.45, 2.75) is 39.2 Å². The highest BCUT2D eigenvalue weighted by Crippen LogP contribution is 2.21. The second kappa shape index (κ2) is 5.63. The van der Waals surface area contributed by atoms with Crippen molar-refractivity contribution in [3.8, 4) is 0 Å². The molecule has 0 heterocycles. The number of rotatable bonds is 4. The van der Waals surface area contributed by atoms with Gasteiger partial charge in [0.1, 0.15) is 5.82 Å². The van der Waals surface area contributed by atoms with Gasteiger partial charge in [-0.05, 0) is 48.3 Å². The van der Waals surface area contributed by atoms with Gasteiger partial charge in [-0.2, -0.15) is 0 Å². The van der Waals surface area contributed by atoms with E-state index in [4.69, 9.17) is 0 Å². The van der Waals surface area contributed by atoms with Gasteiger partial charge in [0.25, 0.3) is 5.91 Å². The SMILES string of the molecule is CCCC(C)(C)NC(=O)c1cccc(F)c1Br. The third kappa shape index (κ3) is 3.80. The number of halogens is 2. The summed E-state index contributed by atoms with van der Waals surface area (Å²) in [5.41, 5.74) is 0.0478. The summed E-state index contributed by atoms with van der Waals surface area (Å²) in [6.45, 7) is 5.98. The molecule has 0 aliphatic heterocycles. The lowest BCUT2D eigenvalue weighted by Crippen LogP contribution is -2.43. The maximum atomic E-state index is 13.3. The largest absolute Gasteiger partial charge is 0.347 e. The Hall–Kier alpha value is -0.900. The molecule has 2 nitrogen and oxygen atoms in total. The molecule has 0 aromatic heterocycles. The first-order valence-electron chi connectivity index (χ1n) is 5.64. The van der Waals surface area contributed by atoms with Gasteiger partial charge in [0.2, 0.25) is 0 Å². The van der Waals surface area contributed by atoms with Crippen molar-refractivity contribution in [2.75, 3.05) is 0 Å². The third-order valence-electron chi connectivity index (χ3n) is 2.52. The van der Waals surface area contributed by atoms with E-state index in [0.717, 1.165) is 12.8 Å². The number of nitrogens with one attached hydrogen (secondary N) is 1. The number of hydrogen-bond acceptors (Lipinski definition) is 1. The Balaban J connectivity index is 2.87. The summed E-state index contributed by atoms with van der Waals surface area (Å²) in [7, 11) is 0. The highest BCUT2D eigenvalue weighted by Gasteiger charge is 2.21. The third-order valence-corrected chi connectivity index (χ3v) is 3.33. The minimum Gasteiger partial charge on any atom is -0.347 e. The molecule has 0 spiro atoms. The van der Waals surface area contributed by atoms with E-state index in [9.17, 15) is 9.18 Å². The summed E-state index contributed by atoms with van der Waals surface area (Å²) in [6.07, 6.45) is 1.86. The predicted octanol–water partition coefficient (Wildman–Crippen LogP) is 3.90. The molecule has 0 saturated carbocycles. The van der Waals surface area contributed by atoms with Crippen molar-refractivity contribution in [1.29, 1.82) is 0 Å². The molecule has 0 saturated heterocycles. The van der Waals surface area contributed by atoms with Crippen LogP contribution < -0.4 is 5.32 Å². The highest BCUT2D eigenvalue weighted by molar-refractivity contribution is 9.10. The summed E-state index contributed by atoms with van der Waals surface area (Å²) in [5.74, 6) is -0.680. The molecule has 1 N–H and O–H groups in total. The molecule has 1 rings (SSSR count). The molecule has 0 fully saturated rings. The number of carbonyl (C=O) groups excluding carboxylic acids is 1. The van der Waals surface area contributed by atoms with E-state index >= 15 is 0 Å². The van der Waals surface area contributed by atoms with Crippen LogP contribution in [0.2, 0.25) is 0 Å². The smallest absolute Gasteiger partial charge is 0.252 e. The predicted molar refractivity (Wildman–Crippen MR) is 70.6 cm³/mol. The van der Waals surface area contributed by atoms with Crippen LogP contribution in [0, 0.1) is 5.82 Å². The fourth-order valence-electron chi connectivity index (χ4n) is 1.74. The second-order valence-corrected chi connectivity index (χ2v) is 5.48. The van der Waals surface area contributed by atoms with Crippen LogP contribution in [0.15, 0.2) is 22.7 Å². The maximum absolute atomic E-state index is 13.3. The van der Waals surface area contributed by atoms with Crippen LogP contribution in [0.25, 0.3) is 0 Å². The van der Waals surface area contributed by atoms with Crippen molar-refractivity contribution in [1.82, 2.24) is 5.32 Å². The molecule has 1 amide bonds. The monoisotopic (exact) mass is 301 g/mol. The zero-order valence-corrected chi connectivity index (χ0v) is 11.9. The summed E-state index contributed by atoms with van der Waals surface area (Å²) < 4.78 is 13.5. The first-order valence-corrected chi connectivity index (χ1v) is 6.43. The molecule has 0 aliphatic rings. The van der Waals surface area contributed by atoms with E-state index in [-0.39, 0.29) is 15.9 Å². The minimum absolute atomic E-state index is 0.213. The Labute approximate surface area is 110 Å². The van der Waals surface area contributed by atoms with E-state index in [0.29, 0.717) is 5.56 Å². The number of carbonyl (C=O) groups is 1. The fraction of sp³-hybridized carbons (Fsp3) is 0.462. The Kier molecular flexibility index (Phi) is 4.69. The van der Waals surface area contributed by atoms with Gasteiger partial charge in [-0.3, -0.25) is 4.79 Å². The van der Waals surface area contributed by atoms with Crippen LogP contribution in [0.4, 0.5) is 4.39 Å². The second-order valence-electron chi connectivity index (χ2n) is 4.69. The molecule has 94 valence electrons. The summed E-state index contributed by atoms with van der Waals surface area (Å²) in [5, 5.41) is 2.91. The van der Waals surface area contributed by atoms with Gasteiger partial charge in [0.15, 0.2) is 0 Å². The Morgan fingerprint density at radius 1 is 1.47 bits per heavy atom. The lowest BCUT2D eigenvalue weighted by molar-refractivity contribution is 0.0907. The average Bonchev–Trinajstić information content (AvgIpc) is 2.21. The molecule has 0 unspecified atom stereocenters. The minimum atomic E-state index is -0.425. The fourth-order valence-corrected chi connectivity index (χ4v) is 2.19. The van der Waals surface area contributed by atoms with Crippen molar-refractivity contribution < 1.29 is 9.18 Å². The van der Waals surface area contributed by atoms with E-state index in [1.54, 1.807) is 6.07 Å². The molecular formula is C13H17BrFNO. The quantitative estimate of drug-likeness (QED) is 0.898. The van der Waals surface area contributed by atoms with Crippen LogP contribution in [-0.2, 0) is 0 Å². The zero-order valence-electron chi connectivity index (χ0n) is 10.3. The van der Waals surface area contributed by atoms with Gasteiger partial charge in [0, 0.05) is 5.54 Å². The average molecular weight is 302 g/mol. The van der Waals surface area contributed by atoms with Gasteiger partial charge < -0.3 is 5.32 Å². The molecular weight excluding hydrogens is 285 g/mol. The van der Waals surface area contributed by atoms with E-state index in [1.807, 2.05) is 13.8 Å². The molecule has 4 heteroatoms. The Morgan fingerprint density at radius 3 is 2.71 bits per heavy atom. The van der Waals surface area contributed by atoms with Crippen LogP contribution >= 0.6 is 15.9 Å². The highest BCUT2D eigenvalue weighted by atomic mass is 79.9. The molecule has 0 radical (unpaired) electrons. The van der Waals surface area contributed by atoms with Gasteiger partial charge in [0.05, 0.1) is 10.0 Å². The maximum Gasteiger partial charge on any atom is 0.252 e. The topological polar surface area (TPSA) is 29.1 Å². The number of hydrogen-bond donors (Lipinski definition) is 1. The number of benzene rings is 1. The van der Waals surface area contributed by atoms with Crippen molar-refractivity contribution >= 4 is 21.8 Å². The van der Waals surface area contributed by atoms with Gasteiger partial charge in [-0.25, -0.2) is 4.39 Å². The molecule has 17 heavy (non-hydrogen) atoms. The molecule has 0 aliphatic carbocycles. The first-order chi connectivity index (χ1) is 7.87. The molecule has 1 aromatic carbocycles. The van der Waals surface area contributed by atoms with E-state index in [2.05, 4.69) is 28.2 Å². The Bertz CT molecular complexity index is 418. The van der Waals surface area contributed by atoms with Crippen molar-refractivity contribution in [3.63, 3.8) is 0 Å².